The summed E-state index contributed by atoms with van der Waals surface area (Å²) in [6.45, 7) is 7.45. The molecule has 0 fully saturated rings. The Kier molecular flexibility index (Phi) is 4.01. The second kappa shape index (κ2) is 5.05. The van der Waals surface area contributed by atoms with Crippen LogP contribution in [0, 0.1) is 0 Å². The van der Waals surface area contributed by atoms with Crippen molar-refractivity contribution in [3.05, 3.63) is 24.3 Å². The van der Waals surface area contributed by atoms with Crippen molar-refractivity contribution < 1.29 is 0 Å². The molecule has 2 nitrogen and oxygen atoms in total. The summed E-state index contributed by atoms with van der Waals surface area (Å²) in [5.41, 5.74) is 2.01. The normalized spacial score (nSPS) is 10.3. The molecule has 0 spiro atoms. The second-order valence-corrected chi connectivity index (χ2v) is 3.64. The minimum atomic E-state index is 0.470. The van der Waals surface area contributed by atoms with Crippen molar-refractivity contribution >= 4 is 23.8 Å². The summed E-state index contributed by atoms with van der Waals surface area (Å²) < 4.78 is 3.86. The molecule has 0 saturated heterocycles. The molecule has 0 aromatic heterocycles. The van der Waals surface area contributed by atoms with Gasteiger partial charge in [-0.15, -0.1) is 0 Å². The van der Waals surface area contributed by atoms with Crippen molar-refractivity contribution in [2.24, 2.45) is 4.36 Å². The Balaban J connectivity index is 3.08. The molecule has 0 atom stereocenters. The van der Waals surface area contributed by atoms with E-state index in [1.807, 2.05) is 18.2 Å². The first-order chi connectivity index (χ1) is 6.70. The molecule has 1 aromatic carbocycles. The molecule has 0 aliphatic rings. The molecule has 0 aliphatic heterocycles. The van der Waals surface area contributed by atoms with E-state index in [1.54, 1.807) is 0 Å². The van der Waals surface area contributed by atoms with Crippen LogP contribution in [0.5, 0.6) is 0 Å². The highest BCUT2D eigenvalue weighted by molar-refractivity contribution is 7.47. The van der Waals surface area contributed by atoms with Gasteiger partial charge in [0.15, 0.2) is 0 Å². The molecular weight excluding hydrogens is 192 g/mol. The number of benzene rings is 1. The molecule has 0 amide bonds. The van der Waals surface area contributed by atoms with E-state index in [0.717, 1.165) is 17.9 Å². The van der Waals surface area contributed by atoms with Crippen LogP contribution in [-0.2, 0) is 12.4 Å². The third-order valence-electron chi connectivity index (χ3n) is 2.25. The van der Waals surface area contributed by atoms with Crippen LogP contribution in [0.25, 0.3) is 0 Å². The summed E-state index contributed by atoms with van der Waals surface area (Å²) >= 11 is 4.76. The van der Waals surface area contributed by atoms with Gasteiger partial charge in [0.2, 0.25) is 0 Å². The predicted octanol–water partition coefficient (Wildman–Crippen LogP) is 3.28. The molecule has 0 heterocycles. The maximum absolute atomic E-state index is 4.76. The Morgan fingerprint density at radius 2 is 2.00 bits per heavy atom. The Bertz CT molecular complexity index is 310. The van der Waals surface area contributed by atoms with Gasteiger partial charge in [0.1, 0.15) is 5.69 Å². The van der Waals surface area contributed by atoms with Crippen LogP contribution in [-0.4, -0.2) is 12.6 Å². The summed E-state index contributed by atoms with van der Waals surface area (Å²) in [5.74, 6) is 0. The highest BCUT2D eigenvalue weighted by Gasteiger charge is 2.11. The van der Waals surface area contributed by atoms with E-state index in [1.165, 1.54) is 0 Å². The fraction of sp³-hybridized carbons (Fsp3) is 0.455. The molecular formula is C11H16N2S. The van der Waals surface area contributed by atoms with E-state index in [9.17, 15) is 0 Å². The van der Waals surface area contributed by atoms with Gasteiger partial charge in [-0.2, -0.15) is 4.36 Å². The van der Waals surface area contributed by atoms with Gasteiger partial charge in [0, 0.05) is 25.0 Å². The molecule has 0 N–H and O–H groups in total. The Morgan fingerprint density at radius 3 is 2.50 bits per heavy atom. The monoisotopic (exact) mass is 208 g/mol. The van der Waals surface area contributed by atoms with Gasteiger partial charge in [-0.05, 0) is 32.9 Å². The zero-order valence-electron chi connectivity index (χ0n) is 8.90. The number of nitrogens with zero attached hydrogens (tertiary/aromatic N) is 2. The van der Waals surface area contributed by atoms with Gasteiger partial charge in [-0.1, -0.05) is 12.1 Å². The van der Waals surface area contributed by atoms with Crippen molar-refractivity contribution in [1.82, 2.24) is 0 Å². The maximum Gasteiger partial charge on any atom is 0.100 e. The molecule has 3 heteroatoms. The lowest BCUT2D eigenvalue weighted by atomic mass is 10.2. The van der Waals surface area contributed by atoms with Crippen LogP contribution in [0.4, 0.5) is 11.4 Å². The number of anilines is 1. The first-order valence-corrected chi connectivity index (χ1v) is 5.26. The third-order valence-corrected chi connectivity index (χ3v) is 2.45. The highest BCUT2D eigenvalue weighted by Crippen LogP contribution is 2.28. The number of rotatable bonds is 4. The molecule has 0 unspecified atom stereocenters. The summed E-state index contributed by atoms with van der Waals surface area (Å²) in [6.07, 6.45) is 0. The van der Waals surface area contributed by atoms with Crippen molar-refractivity contribution in [2.75, 3.05) is 11.4 Å². The summed E-state index contributed by atoms with van der Waals surface area (Å²) in [7, 11) is 0. The zero-order valence-corrected chi connectivity index (χ0v) is 9.71. The van der Waals surface area contributed by atoms with Crippen molar-refractivity contribution in [1.29, 1.82) is 0 Å². The van der Waals surface area contributed by atoms with Gasteiger partial charge >= 0.3 is 0 Å². The zero-order chi connectivity index (χ0) is 10.6. The lowest BCUT2D eigenvalue weighted by Gasteiger charge is -2.28. The minimum absolute atomic E-state index is 0.470. The highest BCUT2D eigenvalue weighted by atomic mass is 32.1. The van der Waals surface area contributed by atoms with Crippen LogP contribution in [0.2, 0.25) is 0 Å². The predicted molar refractivity (Wildman–Crippen MR) is 64.1 cm³/mol. The Hall–Kier alpha value is -0.960. The third kappa shape index (κ3) is 2.29. The fourth-order valence-electron chi connectivity index (χ4n) is 1.60. The lowest BCUT2D eigenvalue weighted by molar-refractivity contribution is 0.704. The smallest absolute Gasteiger partial charge is 0.100 e. The molecule has 0 radical (unpaired) electrons. The molecule has 1 aromatic rings. The number of hydrogen-bond donors (Lipinski definition) is 0. The van der Waals surface area contributed by atoms with E-state index >= 15 is 0 Å². The van der Waals surface area contributed by atoms with Crippen LogP contribution in [0.15, 0.2) is 28.6 Å². The largest absolute Gasteiger partial charge is 0.368 e. The van der Waals surface area contributed by atoms with E-state index in [0.29, 0.717) is 6.04 Å². The van der Waals surface area contributed by atoms with Crippen molar-refractivity contribution in [2.45, 2.75) is 26.8 Å². The molecule has 0 saturated carbocycles. The van der Waals surface area contributed by atoms with Gasteiger partial charge < -0.3 is 4.90 Å². The van der Waals surface area contributed by atoms with Crippen molar-refractivity contribution in [3.63, 3.8) is 0 Å². The fourth-order valence-corrected chi connectivity index (χ4v) is 1.75. The van der Waals surface area contributed by atoms with E-state index in [-0.39, 0.29) is 0 Å². The van der Waals surface area contributed by atoms with E-state index in [4.69, 9.17) is 12.4 Å². The Morgan fingerprint density at radius 1 is 1.36 bits per heavy atom. The van der Waals surface area contributed by atoms with Gasteiger partial charge in [0.05, 0.1) is 5.69 Å². The average molecular weight is 208 g/mol. The quantitative estimate of drug-likeness (QED) is 0.754. The summed E-state index contributed by atoms with van der Waals surface area (Å²) in [6, 6.07) is 8.47. The minimum Gasteiger partial charge on any atom is -0.368 e. The lowest BCUT2D eigenvalue weighted by Crippen LogP contribution is -2.30. The first-order valence-electron chi connectivity index (χ1n) is 4.89. The van der Waals surface area contributed by atoms with E-state index < -0.39 is 0 Å². The average Bonchev–Trinajstić information content (AvgIpc) is 2.19. The van der Waals surface area contributed by atoms with Crippen LogP contribution >= 0.6 is 0 Å². The van der Waals surface area contributed by atoms with Gasteiger partial charge in [-0.25, -0.2) is 0 Å². The molecule has 76 valence electrons. The van der Waals surface area contributed by atoms with Crippen LogP contribution < -0.4 is 4.90 Å². The van der Waals surface area contributed by atoms with Gasteiger partial charge in [0.25, 0.3) is 0 Å². The SMILES string of the molecule is CCN(c1ccccc1N=S)C(C)C. The molecule has 14 heavy (non-hydrogen) atoms. The summed E-state index contributed by atoms with van der Waals surface area (Å²) in [4.78, 5) is 2.28. The summed E-state index contributed by atoms with van der Waals surface area (Å²) in [5, 5.41) is 0. The first kappa shape index (κ1) is 11.1. The second-order valence-electron chi connectivity index (χ2n) is 3.46. The molecule has 0 bridgehead atoms. The number of hydrogen-bond acceptors (Lipinski definition) is 3. The van der Waals surface area contributed by atoms with Crippen LogP contribution in [0.1, 0.15) is 20.8 Å². The molecule has 1 rings (SSSR count). The standard InChI is InChI=1S/C11H16N2S/c1-4-13(9(2)3)11-8-6-5-7-10(11)12-14/h5-9H,4H2,1-3H3. The Labute approximate surface area is 91.1 Å². The van der Waals surface area contributed by atoms with Gasteiger partial charge in [-0.3, -0.25) is 0 Å². The topological polar surface area (TPSA) is 15.6 Å². The van der Waals surface area contributed by atoms with Crippen LogP contribution in [0.3, 0.4) is 0 Å². The maximum atomic E-state index is 4.76. The van der Waals surface area contributed by atoms with E-state index in [2.05, 4.69) is 36.1 Å². The van der Waals surface area contributed by atoms with Crippen molar-refractivity contribution in [3.8, 4) is 0 Å². The molecule has 0 aliphatic carbocycles. The number of para-hydroxylation sites is 1.